The molecule has 0 spiro atoms. The molecule has 0 bridgehead atoms. The fraction of sp³-hybridized carbons (Fsp3) is 0.286. The molecule has 5 aromatic rings. The van der Waals surface area contributed by atoms with Gasteiger partial charge in [0.25, 0.3) is 0 Å². The second-order valence-electron chi connectivity index (χ2n) is 10.6. The number of para-hydroxylation sites is 1. The molecule has 0 fully saturated rings. The molecule has 0 N–H and O–H groups in total. The van der Waals surface area contributed by atoms with Crippen LogP contribution >= 0.6 is 0 Å². The fourth-order valence-corrected chi connectivity index (χ4v) is 6.57. The number of nitrogens with zero attached hydrogens (tertiary/aromatic N) is 2. The number of aryl methyl sites for hydroxylation is 2. The summed E-state index contributed by atoms with van der Waals surface area (Å²) in [7, 11) is 0. The van der Waals surface area contributed by atoms with Crippen molar-refractivity contribution in [1.29, 1.82) is 0 Å². The van der Waals surface area contributed by atoms with Gasteiger partial charge in [0.1, 0.15) is 0 Å². The van der Waals surface area contributed by atoms with Crippen LogP contribution in [0.1, 0.15) is 67.3 Å². The van der Waals surface area contributed by atoms with Crippen molar-refractivity contribution in [3.05, 3.63) is 119 Å². The Balaban J connectivity index is 1.44. The Bertz CT molecular complexity index is 1580. The number of benzene rings is 4. The third-order valence-electron chi connectivity index (χ3n) is 8.41. The van der Waals surface area contributed by atoms with Crippen LogP contribution in [0.4, 0.5) is 0 Å². The number of rotatable bonds is 7. The minimum Gasteiger partial charge on any atom is -0.341 e. The third kappa shape index (κ3) is 4.30. The summed E-state index contributed by atoms with van der Waals surface area (Å²) in [6.07, 6.45) is 3.99. The van der Waals surface area contributed by atoms with Gasteiger partial charge in [-0.1, -0.05) is 85.8 Å². The van der Waals surface area contributed by atoms with Crippen LogP contribution < -0.4 is 0 Å². The van der Waals surface area contributed by atoms with Crippen molar-refractivity contribution in [3.8, 4) is 0 Å². The van der Waals surface area contributed by atoms with Crippen molar-refractivity contribution in [2.75, 3.05) is 0 Å². The van der Waals surface area contributed by atoms with Crippen LogP contribution in [0, 0.1) is 0 Å². The van der Waals surface area contributed by atoms with Crippen molar-refractivity contribution in [2.45, 2.75) is 64.6 Å². The molecule has 4 aromatic carbocycles. The van der Waals surface area contributed by atoms with Gasteiger partial charge in [0.15, 0.2) is 0 Å². The zero-order chi connectivity index (χ0) is 26.1. The molecule has 192 valence electrons. The number of amides is 1. The lowest BCUT2D eigenvalue weighted by molar-refractivity contribution is -0.136. The van der Waals surface area contributed by atoms with Gasteiger partial charge in [-0.05, 0) is 73.1 Å². The summed E-state index contributed by atoms with van der Waals surface area (Å²) in [4.78, 5) is 16.6. The second kappa shape index (κ2) is 10.5. The van der Waals surface area contributed by atoms with E-state index in [1.165, 1.54) is 38.5 Å². The lowest BCUT2D eigenvalue weighted by atomic mass is 9.85. The van der Waals surface area contributed by atoms with E-state index in [4.69, 9.17) is 0 Å². The molecule has 2 unspecified atom stereocenters. The average molecular weight is 501 g/mol. The Kier molecular flexibility index (Phi) is 6.76. The summed E-state index contributed by atoms with van der Waals surface area (Å²) in [6.45, 7) is 5.88. The SMILES string of the molecule is CCC(C(=O)N(Cc1ccc2c(c1)c1ccccc1n2CC)C1CCCc2ccccc21)c1ccccc1. The van der Waals surface area contributed by atoms with Crippen molar-refractivity contribution < 1.29 is 4.79 Å². The molecule has 1 amide bonds. The lowest BCUT2D eigenvalue weighted by Crippen LogP contribution is -2.39. The van der Waals surface area contributed by atoms with E-state index in [2.05, 4.69) is 102 Å². The van der Waals surface area contributed by atoms with Crippen molar-refractivity contribution in [3.63, 3.8) is 0 Å². The van der Waals surface area contributed by atoms with Crippen LogP contribution in [0.5, 0.6) is 0 Å². The molecule has 1 aliphatic rings. The molecular weight excluding hydrogens is 464 g/mol. The van der Waals surface area contributed by atoms with Crippen LogP contribution in [0.2, 0.25) is 0 Å². The van der Waals surface area contributed by atoms with E-state index < -0.39 is 0 Å². The Morgan fingerprint density at radius 2 is 1.61 bits per heavy atom. The third-order valence-corrected chi connectivity index (χ3v) is 8.41. The molecule has 0 saturated carbocycles. The molecular formula is C35H36N2O. The fourth-order valence-electron chi connectivity index (χ4n) is 6.57. The van der Waals surface area contributed by atoms with Gasteiger partial charge >= 0.3 is 0 Å². The van der Waals surface area contributed by atoms with Crippen molar-refractivity contribution >= 4 is 27.7 Å². The highest BCUT2D eigenvalue weighted by atomic mass is 16.2. The first-order chi connectivity index (χ1) is 18.7. The molecule has 1 aromatic heterocycles. The molecule has 2 atom stereocenters. The minimum atomic E-state index is -0.143. The van der Waals surface area contributed by atoms with E-state index >= 15 is 0 Å². The Morgan fingerprint density at radius 3 is 2.42 bits per heavy atom. The van der Waals surface area contributed by atoms with Gasteiger partial charge in [-0.25, -0.2) is 0 Å². The minimum absolute atomic E-state index is 0.0953. The van der Waals surface area contributed by atoms with Crippen LogP contribution in [0.3, 0.4) is 0 Å². The highest BCUT2D eigenvalue weighted by molar-refractivity contribution is 6.08. The summed E-state index contributed by atoms with van der Waals surface area (Å²) in [5, 5.41) is 2.55. The smallest absolute Gasteiger partial charge is 0.230 e. The summed E-state index contributed by atoms with van der Waals surface area (Å²) in [5.41, 5.74) is 7.53. The molecule has 6 rings (SSSR count). The van der Waals surface area contributed by atoms with Gasteiger partial charge in [0.2, 0.25) is 5.91 Å². The molecule has 38 heavy (non-hydrogen) atoms. The van der Waals surface area contributed by atoms with Gasteiger partial charge in [-0.2, -0.15) is 0 Å². The number of aromatic nitrogens is 1. The lowest BCUT2D eigenvalue weighted by Gasteiger charge is -2.38. The topological polar surface area (TPSA) is 25.2 Å². The number of hydrogen-bond donors (Lipinski definition) is 0. The van der Waals surface area contributed by atoms with E-state index in [1.54, 1.807) is 0 Å². The van der Waals surface area contributed by atoms with Crippen LogP contribution in [0.15, 0.2) is 97.1 Å². The monoisotopic (exact) mass is 500 g/mol. The Labute approximate surface area is 225 Å². The van der Waals surface area contributed by atoms with Crippen LogP contribution in [-0.4, -0.2) is 15.4 Å². The molecule has 0 radical (unpaired) electrons. The summed E-state index contributed by atoms with van der Waals surface area (Å²) < 4.78 is 2.39. The number of carbonyl (C=O) groups excluding carboxylic acids is 1. The molecule has 1 heterocycles. The maximum absolute atomic E-state index is 14.4. The summed E-state index contributed by atoms with van der Waals surface area (Å²) in [6, 6.07) is 34.6. The first kappa shape index (κ1) is 24.5. The normalized spacial score (nSPS) is 15.9. The first-order valence-corrected chi connectivity index (χ1v) is 14.1. The zero-order valence-corrected chi connectivity index (χ0v) is 22.4. The van der Waals surface area contributed by atoms with E-state index in [9.17, 15) is 4.79 Å². The standard InChI is InChI=1S/C35H36N2O/c1-3-28(26-13-6-5-7-14-26)35(38)37(32-20-12-16-27-15-8-9-17-29(27)32)24-25-21-22-34-31(23-25)30-18-10-11-19-33(30)36(34)4-2/h5-11,13-15,17-19,21-23,28,32H,3-4,12,16,20,24H2,1-2H3. The molecule has 3 heteroatoms. The second-order valence-corrected chi connectivity index (χ2v) is 10.6. The van der Waals surface area contributed by atoms with Crippen molar-refractivity contribution in [2.24, 2.45) is 0 Å². The zero-order valence-electron chi connectivity index (χ0n) is 22.4. The number of carbonyl (C=O) groups is 1. The molecule has 0 saturated heterocycles. The first-order valence-electron chi connectivity index (χ1n) is 14.1. The highest BCUT2D eigenvalue weighted by Crippen LogP contribution is 2.38. The quantitative estimate of drug-likeness (QED) is 0.220. The molecule has 1 aliphatic carbocycles. The van der Waals surface area contributed by atoms with Crippen LogP contribution in [-0.2, 0) is 24.3 Å². The van der Waals surface area contributed by atoms with E-state index in [0.717, 1.165) is 37.8 Å². The largest absolute Gasteiger partial charge is 0.341 e. The highest BCUT2D eigenvalue weighted by Gasteiger charge is 2.33. The number of hydrogen-bond acceptors (Lipinski definition) is 1. The Morgan fingerprint density at radius 1 is 0.868 bits per heavy atom. The summed E-state index contributed by atoms with van der Waals surface area (Å²) in [5.74, 6) is 0.0903. The van der Waals surface area contributed by atoms with Gasteiger partial charge < -0.3 is 9.47 Å². The maximum atomic E-state index is 14.4. The number of fused-ring (bicyclic) bond motifs is 4. The van der Waals surface area contributed by atoms with E-state index in [-0.39, 0.29) is 17.9 Å². The maximum Gasteiger partial charge on any atom is 0.230 e. The Hall–Kier alpha value is -3.85. The average Bonchev–Trinajstić information content (AvgIpc) is 3.29. The molecule has 3 nitrogen and oxygen atoms in total. The summed E-state index contributed by atoms with van der Waals surface area (Å²) >= 11 is 0. The van der Waals surface area contributed by atoms with Gasteiger partial charge in [-0.3, -0.25) is 4.79 Å². The predicted molar refractivity (Wildman–Crippen MR) is 157 cm³/mol. The molecule has 0 aliphatic heterocycles. The van der Waals surface area contributed by atoms with Gasteiger partial charge in [0.05, 0.1) is 12.0 Å². The van der Waals surface area contributed by atoms with E-state index in [0.29, 0.717) is 6.54 Å². The van der Waals surface area contributed by atoms with Crippen molar-refractivity contribution in [1.82, 2.24) is 9.47 Å². The van der Waals surface area contributed by atoms with E-state index in [1.807, 2.05) is 18.2 Å². The van der Waals surface area contributed by atoms with Gasteiger partial charge in [-0.15, -0.1) is 0 Å². The predicted octanol–water partition coefficient (Wildman–Crippen LogP) is 8.41. The van der Waals surface area contributed by atoms with Crippen LogP contribution in [0.25, 0.3) is 21.8 Å². The van der Waals surface area contributed by atoms with Gasteiger partial charge in [0, 0.05) is 34.9 Å².